The molecule has 108 valence electrons. The topological polar surface area (TPSA) is 46.3 Å². The van der Waals surface area contributed by atoms with Gasteiger partial charge in [-0.2, -0.15) is 0 Å². The van der Waals surface area contributed by atoms with Crippen molar-refractivity contribution in [3.8, 4) is 0 Å². The van der Waals surface area contributed by atoms with E-state index in [2.05, 4.69) is 13.0 Å². The summed E-state index contributed by atoms with van der Waals surface area (Å²) >= 11 is 0. The molecule has 0 unspecified atom stereocenters. The Bertz CT molecular complexity index is 689. The maximum Gasteiger partial charge on any atom is 0.258 e. The SMILES string of the molecule is CCc1ccc(C(=O)N2CCc3cc(C)c(N)cc32)cc1. The minimum atomic E-state index is 0.0552. The molecule has 0 bridgehead atoms. The van der Waals surface area contributed by atoms with Crippen LogP contribution >= 0.6 is 0 Å². The third-order valence-corrected chi connectivity index (χ3v) is 4.22. The molecule has 0 saturated heterocycles. The number of nitrogen functional groups attached to an aromatic ring is 1. The van der Waals surface area contributed by atoms with Crippen molar-refractivity contribution < 1.29 is 4.79 Å². The van der Waals surface area contributed by atoms with Crippen LogP contribution < -0.4 is 10.6 Å². The maximum absolute atomic E-state index is 12.7. The number of nitrogens with zero attached hydrogens (tertiary/aromatic N) is 1. The number of anilines is 2. The molecular weight excluding hydrogens is 260 g/mol. The Hall–Kier alpha value is -2.29. The summed E-state index contributed by atoms with van der Waals surface area (Å²) in [4.78, 5) is 14.5. The third kappa shape index (κ3) is 2.40. The van der Waals surface area contributed by atoms with E-state index in [0.717, 1.165) is 41.9 Å². The number of hydrogen-bond acceptors (Lipinski definition) is 2. The minimum absolute atomic E-state index is 0.0552. The highest BCUT2D eigenvalue weighted by molar-refractivity contribution is 6.07. The van der Waals surface area contributed by atoms with Gasteiger partial charge in [0.2, 0.25) is 0 Å². The Morgan fingerprint density at radius 2 is 1.95 bits per heavy atom. The second-order valence-corrected chi connectivity index (χ2v) is 5.59. The predicted molar refractivity (Wildman–Crippen MR) is 86.8 cm³/mol. The Labute approximate surface area is 125 Å². The summed E-state index contributed by atoms with van der Waals surface area (Å²) in [5.74, 6) is 0.0552. The molecule has 0 fully saturated rings. The molecule has 21 heavy (non-hydrogen) atoms. The van der Waals surface area contributed by atoms with E-state index in [9.17, 15) is 4.79 Å². The number of carbonyl (C=O) groups excluding carboxylic acids is 1. The fourth-order valence-electron chi connectivity index (χ4n) is 2.83. The summed E-state index contributed by atoms with van der Waals surface area (Å²) in [6.07, 6.45) is 1.88. The zero-order valence-electron chi connectivity index (χ0n) is 12.5. The van der Waals surface area contributed by atoms with Gasteiger partial charge in [0.15, 0.2) is 0 Å². The summed E-state index contributed by atoms with van der Waals surface area (Å²) in [7, 11) is 0. The third-order valence-electron chi connectivity index (χ3n) is 4.22. The number of hydrogen-bond donors (Lipinski definition) is 1. The quantitative estimate of drug-likeness (QED) is 0.858. The summed E-state index contributed by atoms with van der Waals surface area (Å²) in [5, 5.41) is 0. The lowest BCUT2D eigenvalue weighted by molar-refractivity contribution is 0.0989. The van der Waals surface area contributed by atoms with E-state index < -0.39 is 0 Å². The largest absolute Gasteiger partial charge is 0.398 e. The first-order chi connectivity index (χ1) is 10.1. The highest BCUT2D eigenvalue weighted by Crippen LogP contribution is 2.33. The monoisotopic (exact) mass is 280 g/mol. The minimum Gasteiger partial charge on any atom is -0.398 e. The number of nitrogens with two attached hydrogens (primary N) is 1. The van der Waals surface area contributed by atoms with Gasteiger partial charge in [-0.25, -0.2) is 0 Å². The first kappa shape index (κ1) is 13.7. The molecule has 0 atom stereocenters. The molecule has 1 amide bonds. The van der Waals surface area contributed by atoms with Gasteiger partial charge in [-0.15, -0.1) is 0 Å². The second-order valence-electron chi connectivity index (χ2n) is 5.59. The van der Waals surface area contributed by atoms with Crippen LogP contribution in [0.25, 0.3) is 0 Å². The van der Waals surface area contributed by atoms with Gasteiger partial charge in [-0.1, -0.05) is 25.1 Å². The Balaban J connectivity index is 1.92. The molecule has 1 aliphatic heterocycles. The first-order valence-corrected chi connectivity index (χ1v) is 7.40. The lowest BCUT2D eigenvalue weighted by Crippen LogP contribution is -2.28. The molecule has 0 radical (unpaired) electrons. The molecular formula is C18H20N2O. The molecule has 0 spiro atoms. The van der Waals surface area contributed by atoms with Crippen LogP contribution in [0.3, 0.4) is 0 Å². The van der Waals surface area contributed by atoms with Crippen molar-refractivity contribution in [1.82, 2.24) is 0 Å². The predicted octanol–water partition coefficient (Wildman–Crippen LogP) is 3.34. The van der Waals surface area contributed by atoms with Crippen LogP contribution in [-0.4, -0.2) is 12.5 Å². The van der Waals surface area contributed by atoms with Crippen molar-refractivity contribution in [1.29, 1.82) is 0 Å². The fraction of sp³-hybridized carbons (Fsp3) is 0.278. The van der Waals surface area contributed by atoms with E-state index in [1.807, 2.05) is 42.2 Å². The van der Waals surface area contributed by atoms with E-state index >= 15 is 0 Å². The molecule has 2 aromatic rings. The van der Waals surface area contributed by atoms with Crippen molar-refractivity contribution >= 4 is 17.3 Å². The lowest BCUT2D eigenvalue weighted by atomic mass is 10.1. The van der Waals surface area contributed by atoms with E-state index in [4.69, 9.17) is 5.73 Å². The van der Waals surface area contributed by atoms with Gasteiger partial charge < -0.3 is 10.6 Å². The number of benzene rings is 2. The maximum atomic E-state index is 12.7. The standard InChI is InChI=1S/C18H20N2O/c1-3-13-4-6-14(7-5-13)18(21)20-9-8-15-10-12(2)16(19)11-17(15)20/h4-7,10-11H,3,8-9,19H2,1-2H3. The summed E-state index contributed by atoms with van der Waals surface area (Å²) < 4.78 is 0. The smallest absolute Gasteiger partial charge is 0.258 e. The number of amides is 1. The van der Waals surface area contributed by atoms with Crippen LogP contribution in [0.4, 0.5) is 11.4 Å². The lowest BCUT2D eigenvalue weighted by Gasteiger charge is -2.18. The normalized spacial score (nSPS) is 13.3. The van der Waals surface area contributed by atoms with E-state index in [-0.39, 0.29) is 5.91 Å². The van der Waals surface area contributed by atoms with E-state index in [1.54, 1.807) is 0 Å². The van der Waals surface area contributed by atoms with Gasteiger partial charge in [0.1, 0.15) is 0 Å². The average Bonchev–Trinajstić information content (AvgIpc) is 2.90. The second kappa shape index (κ2) is 5.24. The number of aryl methyl sites for hydroxylation is 2. The van der Waals surface area contributed by atoms with Crippen LogP contribution in [0.2, 0.25) is 0 Å². The van der Waals surface area contributed by atoms with Gasteiger partial charge >= 0.3 is 0 Å². The molecule has 1 aliphatic rings. The molecule has 0 saturated carbocycles. The van der Waals surface area contributed by atoms with Gasteiger partial charge in [0.25, 0.3) is 5.91 Å². The Morgan fingerprint density at radius 1 is 1.24 bits per heavy atom. The zero-order valence-corrected chi connectivity index (χ0v) is 12.5. The van der Waals surface area contributed by atoms with Crippen molar-refractivity contribution in [2.45, 2.75) is 26.7 Å². The average molecular weight is 280 g/mol. The highest BCUT2D eigenvalue weighted by atomic mass is 16.2. The molecule has 1 heterocycles. The molecule has 0 aliphatic carbocycles. The zero-order chi connectivity index (χ0) is 15.0. The Morgan fingerprint density at radius 3 is 2.62 bits per heavy atom. The summed E-state index contributed by atoms with van der Waals surface area (Å²) in [6.45, 7) is 4.84. The number of fused-ring (bicyclic) bond motifs is 1. The summed E-state index contributed by atoms with van der Waals surface area (Å²) in [6, 6.07) is 11.9. The number of rotatable bonds is 2. The van der Waals surface area contributed by atoms with Crippen LogP contribution in [0, 0.1) is 6.92 Å². The van der Waals surface area contributed by atoms with E-state index in [1.165, 1.54) is 11.1 Å². The Kier molecular flexibility index (Phi) is 3.42. The van der Waals surface area contributed by atoms with Crippen molar-refractivity contribution in [2.24, 2.45) is 0 Å². The molecule has 2 aromatic carbocycles. The molecule has 2 N–H and O–H groups in total. The van der Waals surface area contributed by atoms with Crippen LogP contribution in [-0.2, 0) is 12.8 Å². The molecule has 3 heteroatoms. The van der Waals surface area contributed by atoms with E-state index in [0.29, 0.717) is 0 Å². The van der Waals surface area contributed by atoms with Crippen molar-refractivity contribution in [3.63, 3.8) is 0 Å². The van der Waals surface area contributed by atoms with Gasteiger partial charge in [-0.05, 0) is 54.7 Å². The molecule has 3 nitrogen and oxygen atoms in total. The number of carbonyl (C=O) groups is 1. The fourth-order valence-corrected chi connectivity index (χ4v) is 2.83. The van der Waals surface area contributed by atoms with Crippen LogP contribution in [0.5, 0.6) is 0 Å². The van der Waals surface area contributed by atoms with Crippen molar-refractivity contribution in [2.75, 3.05) is 17.2 Å². The van der Waals surface area contributed by atoms with Crippen molar-refractivity contribution in [3.05, 3.63) is 58.7 Å². The van der Waals surface area contributed by atoms with Gasteiger partial charge in [0.05, 0.1) is 0 Å². The van der Waals surface area contributed by atoms with Crippen LogP contribution in [0.15, 0.2) is 36.4 Å². The highest BCUT2D eigenvalue weighted by Gasteiger charge is 2.26. The van der Waals surface area contributed by atoms with Crippen LogP contribution in [0.1, 0.15) is 34.0 Å². The molecule has 3 rings (SSSR count). The summed E-state index contributed by atoms with van der Waals surface area (Å²) in [5.41, 5.74) is 12.0. The molecule has 0 aromatic heterocycles. The van der Waals surface area contributed by atoms with Gasteiger partial charge in [0, 0.05) is 23.5 Å². The van der Waals surface area contributed by atoms with Gasteiger partial charge in [-0.3, -0.25) is 4.79 Å². The first-order valence-electron chi connectivity index (χ1n) is 7.40.